The van der Waals surface area contributed by atoms with Gasteiger partial charge >= 0.3 is 6.03 Å². The Morgan fingerprint density at radius 1 is 1.10 bits per heavy atom. The third-order valence-corrected chi connectivity index (χ3v) is 7.38. The quantitative estimate of drug-likeness (QED) is 0.528. The molecular formula is C28H29F3N4O6. The predicted molar refractivity (Wildman–Crippen MR) is 139 cm³/mol. The predicted octanol–water partition coefficient (Wildman–Crippen LogP) is 4.35. The molecule has 0 spiro atoms. The lowest BCUT2D eigenvalue weighted by Gasteiger charge is -2.41. The Hall–Kier alpha value is -3.84. The number of nitrogens with one attached hydrogen (secondary N) is 1. The highest BCUT2D eigenvalue weighted by atomic mass is 19.1. The average molecular weight is 575 g/mol. The Balaban J connectivity index is 1.02. The molecule has 13 heteroatoms. The molecule has 2 unspecified atom stereocenters. The molecule has 2 saturated heterocycles. The number of hydrogen-bond donors (Lipinski definition) is 1. The first-order valence-electron chi connectivity index (χ1n) is 13.6. The first-order valence-corrected chi connectivity index (χ1v) is 13.6. The number of carbonyl (C=O) groups is 2. The minimum atomic E-state index is -0.829. The fraction of sp³-hybridized carbons (Fsp3) is 0.464. The number of fused-ring (bicyclic) bond motifs is 1. The van der Waals surface area contributed by atoms with Crippen LogP contribution < -0.4 is 14.8 Å². The van der Waals surface area contributed by atoms with Crippen LogP contribution in [0.2, 0.25) is 0 Å². The second-order valence-corrected chi connectivity index (χ2v) is 10.4. The van der Waals surface area contributed by atoms with Crippen molar-refractivity contribution >= 4 is 23.8 Å². The van der Waals surface area contributed by atoms with Gasteiger partial charge in [0.1, 0.15) is 23.5 Å². The van der Waals surface area contributed by atoms with Crippen LogP contribution in [0.3, 0.4) is 0 Å². The van der Waals surface area contributed by atoms with E-state index in [9.17, 15) is 22.8 Å². The molecule has 0 bridgehead atoms. The van der Waals surface area contributed by atoms with Gasteiger partial charge in [0.2, 0.25) is 0 Å². The molecule has 0 saturated carbocycles. The fourth-order valence-corrected chi connectivity index (χ4v) is 5.22. The molecule has 0 radical (unpaired) electrons. The molecule has 3 amide bonds. The second-order valence-electron chi connectivity index (χ2n) is 10.4. The van der Waals surface area contributed by atoms with Crippen LogP contribution in [0.4, 0.5) is 23.7 Å². The molecule has 6 rings (SSSR count). The molecule has 41 heavy (non-hydrogen) atoms. The number of ether oxygens (including phenoxy) is 4. The zero-order valence-electron chi connectivity index (χ0n) is 22.1. The number of amides is 3. The normalized spacial score (nSPS) is 24.0. The zero-order chi connectivity index (χ0) is 28.5. The first-order chi connectivity index (χ1) is 19.8. The smallest absolute Gasteiger partial charge is 0.341 e. The number of rotatable bonds is 7. The summed E-state index contributed by atoms with van der Waals surface area (Å²) in [6.45, 7) is 1.23. The van der Waals surface area contributed by atoms with Gasteiger partial charge in [0.25, 0.3) is 5.91 Å². The number of carbonyl (C=O) groups excluding carboxylic acids is 2. The van der Waals surface area contributed by atoms with Crippen LogP contribution in [0, 0.1) is 17.5 Å². The van der Waals surface area contributed by atoms with Crippen molar-refractivity contribution in [1.29, 1.82) is 0 Å². The van der Waals surface area contributed by atoms with Gasteiger partial charge in [-0.05, 0) is 37.0 Å². The van der Waals surface area contributed by atoms with Crippen molar-refractivity contribution in [2.75, 3.05) is 31.6 Å². The maximum Gasteiger partial charge on any atom is 0.341 e. The van der Waals surface area contributed by atoms with Crippen molar-refractivity contribution < 1.29 is 41.7 Å². The number of hydrazone groups is 1. The number of halogens is 3. The molecule has 2 fully saturated rings. The summed E-state index contributed by atoms with van der Waals surface area (Å²) in [5.41, 5.74) is 0.582. The van der Waals surface area contributed by atoms with Crippen molar-refractivity contribution in [2.24, 2.45) is 5.10 Å². The van der Waals surface area contributed by atoms with E-state index in [1.54, 1.807) is 0 Å². The van der Waals surface area contributed by atoms with E-state index in [1.165, 1.54) is 34.3 Å². The third kappa shape index (κ3) is 5.96. The minimum absolute atomic E-state index is 0.0896. The topological polar surface area (TPSA) is 102 Å². The van der Waals surface area contributed by atoms with E-state index in [2.05, 4.69) is 10.4 Å². The van der Waals surface area contributed by atoms with E-state index in [0.717, 1.165) is 31.4 Å². The maximum atomic E-state index is 14.9. The molecule has 4 aliphatic heterocycles. The summed E-state index contributed by atoms with van der Waals surface area (Å²) in [6.07, 6.45) is 3.36. The summed E-state index contributed by atoms with van der Waals surface area (Å²) in [5, 5.41) is 8.00. The molecule has 4 heterocycles. The van der Waals surface area contributed by atoms with Crippen LogP contribution in [-0.2, 0) is 14.3 Å². The summed E-state index contributed by atoms with van der Waals surface area (Å²) in [6, 6.07) is 4.54. The van der Waals surface area contributed by atoms with E-state index >= 15 is 0 Å². The molecular weight excluding hydrogens is 545 g/mol. The summed E-state index contributed by atoms with van der Waals surface area (Å²) < 4.78 is 65.0. The lowest BCUT2D eigenvalue weighted by molar-refractivity contribution is -0.166. The van der Waals surface area contributed by atoms with E-state index < -0.39 is 41.7 Å². The monoisotopic (exact) mass is 574 g/mol. The van der Waals surface area contributed by atoms with Gasteiger partial charge in [0, 0.05) is 43.9 Å². The number of urea groups is 1. The van der Waals surface area contributed by atoms with E-state index in [4.69, 9.17) is 18.9 Å². The second kappa shape index (κ2) is 11.6. The Bertz CT molecular complexity index is 1330. The van der Waals surface area contributed by atoms with Crippen LogP contribution in [0.1, 0.15) is 43.7 Å². The Labute approximate surface area is 234 Å². The summed E-state index contributed by atoms with van der Waals surface area (Å²) in [4.78, 5) is 27.0. The fourth-order valence-electron chi connectivity index (χ4n) is 5.22. The van der Waals surface area contributed by atoms with Gasteiger partial charge in [-0.1, -0.05) is 0 Å². The van der Waals surface area contributed by atoms with Crippen LogP contribution >= 0.6 is 0 Å². The van der Waals surface area contributed by atoms with Crippen molar-refractivity contribution in [1.82, 2.24) is 9.91 Å². The molecule has 4 aliphatic rings. The number of anilines is 1. The van der Waals surface area contributed by atoms with Gasteiger partial charge in [-0.2, -0.15) is 5.10 Å². The summed E-state index contributed by atoms with van der Waals surface area (Å²) in [5.74, 6) is -2.42. The SMILES string of the molecule is O=C1Nc2cc(OC3CN(C(=O)N4N=CC[C@H]4c4cc(F)cc(F)c4)C3)c(F)cc2OC1CCOC1CCCCO1. The molecule has 2 aromatic rings. The maximum absolute atomic E-state index is 14.9. The molecule has 3 atom stereocenters. The molecule has 2 aromatic carbocycles. The van der Waals surface area contributed by atoms with Crippen LogP contribution in [0.25, 0.3) is 0 Å². The number of hydrogen-bond acceptors (Lipinski definition) is 7. The Kier molecular flexibility index (Phi) is 7.71. The van der Waals surface area contributed by atoms with Crippen molar-refractivity contribution in [3.8, 4) is 11.5 Å². The lowest BCUT2D eigenvalue weighted by Crippen LogP contribution is -2.58. The van der Waals surface area contributed by atoms with Gasteiger partial charge in [-0.3, -0.25) is 4.79 Å². The lowest BCUT2D eigenvalue weighted by atomic mass is 10.0. The largest absolute Gasteiger partial charge is 0.484 e. The van der Waals surface area contributed by atoms with Crippen LogP contribution in [0.15, 0.2) is 35.4 Å². The van der Waals surface area contributed by atoms with Crippen molar-refractivity contribution in [3.05, 3.63) is 53.3 Å². The number of nitrogens with zero attached hydrogens (tertiary/aromatic N) is 3. The molecule has 0 aliphatic carbocycles. The van der Waals surface area contributed by atoms with Gasteiger partial charge < -0.3 is 29.2 Å². The van der Waals surface area contributed by atoms with E-state index in [0.29, 0.717) is 18.6 Å². The summed E-state index contributed by atoms with van der Waals surface area (Å²) in [7, 11) is 0. The van der Waals surface area contributed by atoms with E-state index in [1.807, 2.05) is 0 Å². The van der Waals surface area contributed by atoms with Gasteiger partial charge in [-0.15, -0.1) is 0 Å². The number of benzene rings is 2. The van der Waals surface area contributed by atoms with Crippen LogP contribution in [-0.4, -0.2) is 72.9 Å². The molecule has 218 valence electrons. The Morgan fingerprint density at radius 2 is 1.90 bits per heavy atom. The zero-order valence-corrected chi connectivity index (χ0v) is 22.1. The highest BCUT2D eigenvalue weighted by Crippen LogP contribution is 2.37. The van der Waals surface area contributed by atoms with Crippen LogP contribution in [0.5, 0.6) is 11.5 Å². The average Bonchev–Trinajstić information content (AvgIpc) is 3.41. The van der Waals surface area contributed by atoms with Gasteiger partial charge in [-0.25, -0.2) is 23.0 Å². The highest BCUT2D eigenvalue weighted by molar-refractivity contribution is 5.98. The highest BCUT2D eigenvalue weighted by Gasteiger charge is 2.39. The minimum Gasteiger partial charge on any atom is -0.484 e. The van der Waals surface area contributed by atoms with Crippen molar-refractivity contribution in [2.45, 2.75) is 56.6 Å². The van der Waals surface area contributed by atoms with Gasteiger partial charge in [0.05, 0.1) is 31.4 Å². The summed E-state index contributed by atoms with van der Waals surface area (Å²) >= 11 is 0. The Morgan fingerprint density at radius 3 is 2.66 bits per heavy atom. The molecule has 0 aromatic heterocycles. The van der Waals surface area contributed by atoms with Crippen molar-refractivity contribution in [3.63, 3.8) is 0 Å². The standard InChI is InChI=1S/C28H29F3N4O6/c29-17-9-16(10-18(30)11-17)22-4-6-32-35(22)28(37)34-14-19(15-34)40-24-13-21-25(12-20(24)31)41-23(27(36)33-21)5-8-39-26-3-1-2-7-38-26/h6,9-13,19,22-23,26H,1-5,7-8,14-15H2,(H,33,36)/t22-,23?,26?/m0/s1. The number of likely N-dealkylation sites (tertiary alicyclic amines) is 1. The van der Waals surface area contributed by atoms with E-state index in [-0.39, 0.29) is 55.5 Å². The third-order valence-electron chi connectivity index (χ3n) is 7.38. The molecule has 1 N–H and O–H groups in total. The van der Waals surface area contributed by atoms with Gasteiger partial charge in [0.15, 0.2) is 24.0 Å². The first kappa shape index (κ1) is 27.3. The molecule has 10 nitrogen and oxygen atoms in total.